The highest BCUT2D eigenvalue weighted by atomic mass is 16.6. The molecule has 0 spiro atoms. The second-order valence-electron chi connectivity index (χ2n) is 12.1. The monoisotopic (exact) mass is 531 g/mol. The average molecular weight is 532 g/mol. The van der Waals surface area contributed by atoms with Crippen LogP contribution in [0.5, 0.6) is 0 Å². The number of carbonyl (C=O) groups is 3. The van der Waals surface area contributed by atoms with Crippen molar-refractivity contribution in [2.45, 2.75) is 138 Å². The molecule has 0 radical (unpaired) electrons. The lowest BCUT2D eigenvalue weighted by molar-refractivity contribution is -0.150. The van der Waals surface area contributed by atoms with E-state index < -0.39 is 29.3 Å². The first kappa shape index (κ1) is 33.5. The minimum atomic E-state index is -0.852. The summed E-state index contributed by atoms with van der Waals surface area (Å²) >= 11 is 0. The van der Waals surface area contributed by atoms with Crippen molar-refractivity contribution in [3.63, 3.8) is 0 Å². The molecule has 0 aliphatic carbocycles. The molecule has 4 atom stereocenters. The first-order chi connectivity index (χ1) is 17.6. The summed E-state index contributed by atoms with van der Waals surface area (Å²) in [6, 6.07) is 6.18. The normalized spacial score (nSPS) is 15.1. The van der Waals surface area contributed by atoms with E-state index in [0.29, 0.717) is 12.8 Å². The van der Waals surface area contributed by atoms with Gasteiger partial charge in [-0.15, -0.1) is 0 Å². The Morgan fingerprint density at radius 2 is 1.50 bits per heavy atom. The Hall–Kier alpha value is -2.57. The zero-order chi connectivity index (χ0) is 29.3. The summed E-state index contributed by atoms with van der Waals surface area (Å²) in [5, 5.41) is 5.99. The lowest BCUT2D eigenvalue weighted by atomic mass is 9.89. The molecule has 0 saturated heterocycles. The van der Waals surface area contributed by atoms with Crippen molar-refractivity contribution < 1.29 is 19.1 Å². The molecule has 1 aromatic rings. The quantitative estimate of drug-likeness (QED) is 0.302. The number of carbonyl (C=O) groups excluding carboxylic acids is 3. The molecule has 4 unspecified atom stereocenters. The molecule has 0 saturated carbocycles. The smallest absolute Gasteiger partial charge is 0.408 e. The predicted molar refractivity (Wildman–Crippen MR) is 155 cm³/mol. The molecular weight excluding hydrogens is 478 g/mol. The van der Waals surface area contributed by atoms with Gasteiger partial charge in [-0.25, -0.2) is 4.79 Å². The lowest BCUT2D eigenvalue weighted by Gasteiger charge is -2.45. The molecule has 0 bridgehead atoms. The lowest BCUT2D eigenvalue weighted by Crippen LogP contribution is -2.61. The van der Waals surface area contributed by atoms with E-state index in [1.807, 2.05) is 65.8 Å². The molecule has 1 rings (SSSR count). The van der Waals surface area contributed by atoms with Crippen LogP contribution in [0.4, 0.5) is 4.79 Å². The Kier molecular flexibility index (Phi) is 12.8. The largest absolute Gasteiger partial charge is 0.444 e. The van der Waals surface area contributed by atoms with E-state index in [-0.39, 0.29) is 23.8 Å². The van der Waals surface area contributed by atoms with Gasteiger partial charge < -0.3 is 20.3 Å². The van der Waals surface area contributed by atoms with Gasteiger partial charge >= 0.3 is 6.09 Å². The number of ether oxygens (including phenoxy) is 1. The van der Waals surface area contributed by atoms with E-state index >= 15 is 0 Å². The summed E-state index contributed by atoms with van der Waals surface area (Å²) in [5.74, 6) is -0.680. The van der Waals surface area contributed by atoms with Gasteiger partial charge in [0, 0.05) is 11.6 Å². The average Bonchev–Trinajstić information content (AvgIpc) is 2.83. The van der Waals surface area contributed by atoms with Crippen LogP contribution in [-0.2, 0) is 20.7 Å². The van der Waals surface area contributed by atoms with Gasteiger partial charge in [-0.1, -0.05) is 71.7 Å². The van der Waals surface area contributed by atoms with Crippen molar-refractivity contribution in [3.05, 3.63) is 35.4 Å². The highest BCUT2D eigenvalue weighted by Gasteiger charge is 2.44. The Labute approximate surface area is 231 Å². The van der Waals surface area contributed by atoms with Crippen LogP contribution in [-0.4, -0.2) is 46.0 Å². The summed E-state index contributed by atoms with van der Waals surface area (Å²) < 4.78 is 5.50. The molecule has 7 nitrogen and oxygen atoms in total. The molecule has 38 heavy (non-hydrogen) atoms. The second-order valence-corrected chi connectivity index (χ2v) is 12.1. The van der Waals surface area contributed by atoms with Crippen LogP contribution in [0.1, 0.15) is 119 Å². The zero-order valence-electron chi connectivity index (χ0n) is 25.7. The molecule has 2 N–H and O–H groups in total. The van der Waals surface area contributed by atoms with Gasteiger partial charge in [0.05, 0.1) is 0 Å². The van der Waals surface area contributed by atoms with Gasteiger partial charge in [-0.3, -0.25) is 9.59 Å². The van der Waals surface area contributed by atoms with E-state index in [1.165, 1.54) is 0 Å². The molecule has 0 fully saturated rings. The van der Waals surface area contributed by atoms with Gasteiger partial charge in [-0.05, 0) is 77.8 Å². The van der Waals surface area contributed by atoms with Crippen LogP contribution in [0, 0.1) is 5.92 Å². The maximum absolute atomic E-state index is 14.5. The topological polar surface area (TPSA) is 87.7 Å². The Bertz CT molecular complexity index is 905. The van der Waals surface area contributed by atoms with E-state index in [0.717, 1.165) is 30.4 Å². The zero-order valence-corrected chi connectivity index (χ0v) is 25.7. The molecule has 3 amide bonds. The van der Waals surface area contributed by atoms with Crippen molar-refractivity contribution in [1.29, 1.82) is 0 Å². The summed E-state index contributed by atoms with van der Waals surface area (Å²) in [6.07, 6.45) is 3.31. The minimum Gasteiger partial charge on any atom is -0.444 e. The summed E-state index contributed by atoms with van der Waals surface area (Å²) in [5.41, 5.74) is 0.536. The third-order valence-electron chi connectivity index (χ3n) is 7.23. The van der Waals surface area contributed by atoms with E-state index in [2.05, 4.69) is 24.5 Å². The fourth-order valence-electron chi connectivity index (χ4n) is 4.39. The highest BCUT2D eigenvalue weighted by Crippen LogP contribution is 2.33. The third kappa shape index (κ3) is 9.63. The fraction of sp³-hybridized carbons (Fsp3) is 0.710. The number of rotatable bonds is 13. The van der Waals surface area contributed by atoms with Crippen molar-refractivity contribution in [3.8, 4) is 0 Å². The Balaban J connectivity index is 3.68. The number of nitrogens with one attached hydrogen (secondary N) is 2. The van der Waals surface area contributed by atoms with E-state index in [1.54, 1.807) is 25.7 Å². The van der Waals surface area contributed by atoms with Crippen LogP contribution in [0.3, 0.4) is 0 Å². The van der Waals surface area contributed by atoms with Crippen molar-refractivity contribution >= 4 is 17.9 Å². The minimum absolute atomic E-state index is 0.0307. The van der Waals surface area contributed by atoms with Crippen LogP contribution in [0.2, 0.25) is 0 Å². The van der Waals surface area contributed by atoms with E-state index in [4.69, 9.17) is 4.74 Å². The maximum atomic E-state index is 14.5. The highest BCUT2D eigenvalue weighted by molar-refractivity contribution is 5.93. The maximum Gasteiger partial charge on any atom is 0.408 e. The number of hydrogen-bond acceptors (Lipinski definition) is 4. The molecule has 0 aromatic heterocycles. The molecule has 0 heterocycles. The number of benzene rings is 1. The fourth-order valence-corrected chi connectivity index (χ4v) is 4.39. The van der Waals surface area contributed by atoms with Crippen molar-refractivity contribution in [2.24, 2.45) is 5.92 Å². The number of hydrogen-bond donors (Lipinski definition) is 2. The number of amides is 3. The van der Waals surface area contributed by atoms with Gasteiger partial charge in [0.1, 0.15) is 17.7 Å². The molecular formula is C31H53N3O4. The first-order valence-electron chi connectivity index (χ1n) is 14.3. The standard InChI is InChI=1S/C31H53N3O4/c1-12-16-22(6)32-27(35)26(24-19-17-23(14-3)18-20-24)34(31(10,11)15-4)28(36)25(21(5)13-2)33-29(37)38-30(7,8)9/h17-22,25-26H,12-16H2,1-11H3,(H,32,35)(H,33,37). The third-order valence-corrected chi connectivity index (χ3v) is 7.23. The second kappa shape index (κ2) is 14.5. The number of nitrogens with zero attached hydrogens (tertiary/aromatic N) is 1. The first-order valence-corrected chi connectivity index (χ1v) is 14.3. The van der Waals surface area contributed by atoms with E-state index in [9.17, 15) is 14.4 Å². The van der Waals surface area contributed by atoms with Gasteiger partial charge in [0.25, 0.3) is 0 Å². The molecule has 0 aliphatic heterocycles. The summed E-state index contributed by atoms with van der Waals surface area (Å²) in [4.78, 5) is 42.9. The van der Waals surface area contributed by atoms with Crippen LogP contribution in [0.25, 0.3) is 0 Å². The van der Waals surface area contributed by atoms with Crippen LogP contribution >= 0.6 is 0 Å². The summed E-state index contributed by atoms with van der Waals surface area (Å²) in [7, 11) is 0. The van der Waals surface area contributed by atoms with Crippen LogP contribution < -0.4 is 10.6 Å². The Morgan fingerprint density at radius 3 is 1.95 bits per heavy atom. The molecule has 216 valence electrons. The van der Waals surface area contributed by atoms with Gasteiger partial charge in [0.2, 0.25) is 11.8 Å². The molecule has 0 aliphatic rings. The number of alkyl carbamates (subject to hydrolysis) is 1. The molecule has 1 aromatic carbocycles. The predicted octanol–water partition coefficient (Wildman–Crippen LogP) is 6.55. The Morgan fingerprint density at radius 1 is 0.921 bits per heavy atom. The SMILES string of the molecule is CCCC(C)NC(=O)C(c1ccc(CC)cc1)N(C(=O)C(NC(=O)OC(C)(C)C)C(C)CC)C(C)(C)CC. The van der Waals surface area contributed by atoms with Crippen molar-refractivity contribution in [1.82, 2.24) is 15.5 Å². The molecule has 7 heteroatoms. The summed E-state index contributed by atoms with van der Waals surface area (Å²) in [6.45, 7) is 21.4. The van der Waals surface area contributed by atoms with Crippen molar-refractivity contribution in [2.75, 3.05) is 0 Å². The van der Waals surface area contributed by atoms with Crippen LogP contribution in [0.15, 0.2) is 24.3 Å². The van der Waals surface area contributed by atoms with Gasteiger partial charge in [0.15, 0.2) is 0 Å². The van der Waals surface area contributed by atoms with Gasteiger partial charge in [-0.2, -0.15) is 0 Å². The number of aryl methyl sites for hydroxylation is 1.